The molecule has 0 saturated carbocycles. The summed E-state index contributed by atoms with van der Waals surface area (Å²) in [5.74, 6) is -1.53. The zero-order chi connectivity index (χ0) is 14.3. The van der Waals surface area contributed by atoms with E-state index >= 15 is 0 Å². The molecule has 0 aliphatic heterocycles. The molecule has 5 N–H and O–H groups in total. The number of aliphatic hydroxyl groups excluding tert-OH is 4. The third kappa shape index (κ3) is 4.88. The highest BCUT2D eigenvalue weighted by Gasteiger charge is 2.35. The molecule has 103 valence electrons. The van der Waals surface area contributed by atoms with Crippen molar-refractivity contribution in [2.75, 3.05) is 6.61 Å². The number of carbonyl (C=O) groups excluding carboxylic acids is 3. The van der Waals surface area contributed by atoms with Crippen LogP contribution in [0.1, 0.15) is 13.3 Å². The van der Waals surface area contributed by atoms with Crippen LogP contribution in [0.25, 0.3) is 0 Å². The molecule has 0 rings (SSSR count). The van der Waals surface area contributed by atoms with Crippen molar-refractivity contribution in [3.8, 4) is 0 Å². The first kappa shape index (κ1) is 16.6. The van der Waals surface area contributed by atoms with Crippen molar-refractivity contribution in [2.45, 2.75) is 37.7 Å². The highest BCUT2D eigenvalue weighted by molar-refractivity contribution is 5.96. The molecule has 0 aromatic carbocycles. The van der Waals surface area contributed by atoms with E-state index in [0.29, 0.717) is 0 Å². The molecule has 0 aromatic heterocycles. The summed E-state index contributed by atoms with van der Waals surface area (Å²) in [6, 6.07) is -1.56. The summed E-state index contributed by atoms with van der Waals surface area (Å²) in [5.41, 5.74) is 0. The SMILES string of the molecule is CC(=O)N[C@H](C(=O)C[C]=O)[C@@H](O)[C@H](O)[C@H](O)CO. The second-order valence-electron chi connectivity index (χ2n) is 3.70. The van der Waals surface area contributed by atoms with Crippen LogP contribution in [0.4, 0.5) is 0 Å². The summed E-state index contributed by atoms with van der Waals surface area (Å²) in [6.45, 7) is 0.242. The largest absolute Gasteiger partial charge is 0.394 e. The minimum absolute atomic E-state index is 0.663. The first-order chi connectivity index (χ1) is 8.34. The second kappa shape index (κ2) is 7.88. The predicted molar refractivity (Wildman–Crippen MR) is 58.0 cm³/mol. The van der Waals surface area contributed by atoms with Crippen LogP contribution in [0, 0.1) is 0 Å². The fourth-order valence-corrected chi connectivity index (χ4v) is 1.29. The zero-order valence-corrected chi connectivity index (χ0v) is 9.74. The van der Waals surface area contributed by atoms with Gasteiger partial charge in [0, 0.05) is 6.92 Å². The lowest BCUT2D eigenvalue weighted by atomic mass is 9.96. The highest BCUT2D eigenvalue weighted by atomic mass is 16.4. The van der Waals surface area contributed by atoms with Crippen molar-refractivity contribution in [2.24, 2.45) is 0 Å². The van der Waals surface area contributed by atoms with Crippen molar-refractivity contribution in [1.82, 2.24) is 5.32 Å². The average Bonchev–Trinajstić information content (AvgIpc) is 2.33. The molecule has 8 nitrogen and oxygen atoms in total. The van der Waals surface area contributed by atoms with Gasteiger partial charge in [-0.1, -0.05) is 0 Å². The van der Waals surface area contributed by atoms with Crippen LogP contribution in [0.5, 0.6) is 0 Å². The molecular weight excluding hydrogens is 246 g/mol. The number of aliphatic hydroxyl groups is 4. The molecule has 4 atom stereocenters. The lowest BCUT2D eigenvalue weighted by molar-refractivity contribution is -0.135. The first-order valence-electron chi connectivity index (χ1n) is 5.15. The monoisotopic (exact) mass is 262 g/mol. The lowest BCUT2D eigenvalue weighted by Crippen LogP contribution is -2.55. The number of carbonyl (C=O) groups is 2. The van der Waals surface area contributed by atoms with E-state index < -0.39 is 49.1 Å². The number of hydrogen-bond donors (Lipinski definition) is 5. The molecule has 0 heterocycles. The molecule has 0 spiro atoms. The third-order valence-electron chi connectivity index (χ3n) is 2.22. The van der Waals surface area contributed by atoms with Crippen LogP contribution < -0.4 is 5.32 Å². The van der Waals surface area contributed by atoms with E-state index in [-0.39, 0.29) is 0 Å². The fraction of sp³-hybridized carbons (Fsp3) is 0.700. The molecule has 0 bridgehead atoms. The number of rotatable bonds is 8. The van der Waals surface area contributed by atoms with Gasteiger partial charge in [0.25, 0.3) is 0 Å². The highest BCUT2D eigenvalue weighted by Crippen LogP contribution is 2.07. The van der Waals surface area contributed by atoms with Gasteiger partial charge in [0.1, 0.15) is 24.4 Å². The topological polar surface area (TPSA) is 144 Å². The maximum Gasteiger partial charge on any atom is 0.217 e. The summed E-state index contributed by atoms with van der Waals surface area (Å²) < 4.78 is 0. The Bertz CT molecular complexity index is 307. The van der Waals surface area contributed by atoms with Crippen LogP contribution in [-0.2, 0) is 14.4 Å². The lowest BCUT2D eigenvalue weighted by Gasteiger charge is -2.27. The van der Waals surface area contributed by atoms with E-state index in [2.05, 4.69) is 5.32 Å². The third-order valence-corrected chi connectivity index (χ3v) is 2.22. The summed E-state index contributed by atoms with van der Waals surface area (Å²) in [5, 5.41) is 38.9. The molecular formula is C10H16NO7. The van der Waals surface area contributed by atoms with Gasteiger partial charge in [0.2, 0.25) is 12.2 Å². The van der Waals surface area contributed by atoms with E-state index in [9.17, 15) is 24.6 Å². The van der Waals surface area contributed by atoms with E-state index in [1.165, 1.54) is 6.29 Å². The van der Waals surface area contributed by atoms with Gasteiger partial charge in [0.05, 0.1) is 13.0 Å². The first-order valence-corrected chi connectivity index (χ1v) is 5.15. The van der Waals surface area contributed by atoms with Crippen molar-refractivity contribution < 1.29 is 34.8 Å². The Balaban J connectivity index is 4.88. The van der Waals surface area contributed by atoms with Crippen molar-refractivity contribution in [3.05, 3.63) is 0 Å². The maximum absolute atomic E-state index is 11.4. The van der Waals surface area contributed by atoms with Gasteiger partial charge < -0.3 is 25.7 Å². The van der Waals surface area contributed by atoms with Gasteiger partial charge in [-0.3, -0.25) is 14.4 Å². The molecule has 18 heavy (non-hydrogen) atoms. The number of ketones is 1. The van der Waals surface area contributed by atoms with Gasteiger partial charge in [0.15, 0.2) is 5.78 Å². The molecule has 1 radical (unpaired) electrons. The molecule has 0 unspecified atom stereocenters. The summed E-state index contributed by atoms with van der Waals surface area (Å²) in [6.07, 6.45) is -4.75. The second-order valence-corrected chi connectivity index (χ2v) is 3.70. The normalized spacial score (nSPS) is 17.4. The molecule has 8 heteroatoms. The van der Waals surface area contributed by atoms with Gasteiger partial charge >= 0.3 is 0 Å². The fourth-order valence-electron chi connectivity index (χ4n) is 1.29. The zero-order valence-electron chi connectivity index (χ0n) is 9.74. The van der Waals surface area contributed by atoms with Crippen LogP contribution >= 0.6 is 0 Å². The Kier molecular flexibility index (Phi) is 7.29. The summed E-state index contributed by atoms with van der Waals surface area (Å²) in [7, 11) is 0. The minimum Gasteiger partial charge on any atom is -0.394 e. The standard InChI is InChI=1S/C10H16NO7/c1-5(14)11-8(6(15)2-3-12)10(18)9(17)7(16)4-13/h7-10,13,16-18H,2,4H2,1H3,(H,11,14)/t7-,8-,9-,10-/m1/s1. The van der Waals surface area contributed by atoms with Crippen molar-refractivity contribution in [1.29, 1.82) is 0 Å². The Morgan fingerprint density at radius 3 is 2.17 bits per heavy atom. The van der Waals surface area contributed by atoms with Crippen molar-refractivity contribution in [3.63, 3.8) is 0 Å². The van der Waals surface area contributed by atoms with E-state index in [4.69, 9.17) is 10.2 Å². The summed E-state index contributed by atoms with van der Waals surface area (Å²) >= 11 is 0. The molecule has 0 aromatic rings. The van der Waals surface area contributed by atoms with E-state index in [0.717, 1.165) is 6.92 Å². The molecule has 0 aliphatic carbocycles. The van der Waals surface area contributed by atoms with Crippen LogP contribution in [0.3, 0.4) is 0 Å². The molecule has 1 amide bonds. The van der Waals surface area contributed by atoms with E-state index in [1.54, 1.807) is 0 Å². The van der Waals surface area contributed by atoms with Gasteiger partial charge in [-0.25, -0.2) is 0 Å². The predicted octanol–water partition coefficient (Wildman–Crippen LogP) is -3.36. The van der Waals surface area contributed by atoms with Crippen LogP contribution in [0.15, 0.2) is 0 Å². The number of Topliss-reactive ketones (excluding diaryl/α,β-unsaturated/α-hetero) is 1. The maximum atomic E-state index is 11.4. The smallest absolute Gasteiger partial charge is 0.217 e. The van der Waals surface area contributed by atoms with E-state index in [1.807, 2.05) is 0 Å². The molecule has 0 saturated heterocycles. The average molecular weight is 262 g/mol. The Hall–Kier alpha value is -1.35. The summed E-state index contributed by atoms with van der Waals surface area (Å²) in [4.78, 5) is 32.4. The van der Waals surface area contributed by atoms with Crippen LogP contribution in [0.2, 0.25) is 0 Å². The Morgan fingerprint density at radius 1 is 1.22 bits per heavy atom. The van der Waals surface area contributed by atoms with Crippen LogP contribution in [-0.4, -0.2) is 69.4 Å². The number of nitrogens with one attached hydrogen (secondary N) is 1. The molecule has 0 fully saturated rings. The number of amides is 1. The number of hydrogen-bond acceptors (Lipinski definition) is 7. The quantitative estimate of drug-likeness (QED) is 0.287. The Labute approximate surface area is 103 Å². The van der Waals surface area contributed by atoms with Gasteiger partial charge in [-0.05, 0) is 0 Å². The van der Waals surface area contributed by atoms with Gasteiger partial charge in [-0.2, -0.15) is 0 Å². The van der Waals surface area contributed by atoms with Gasteiger partial charge in [-0.15, -0.1) is 0 Å². The Morgan fingerprint density at radius 2 is 1.78 bits per heavy atom. The van der Waals surface area contributed by atoms with Crippen molar-refractivity contribution >= 4 is 18.0 Å². The minimum atomic E-state index is -1.85. The molecule has 0 aliphatic rings.